The van der Waals surface area contributed by atoms with Crippen molar-refractivity contribution in [3.8, 4) is 5.75 Å². The van der Waals surface area contributed by atoms with Crippen LogP contribution in [-0.4, -0.2) is 17.6 Å². The third-order valence-corrected chi connectivity index (χ3v) is 4.41. The van der Waals surface area contributed by atoms with Crippen LogP contribution in [0.15, 0.2) is 51.7 Å². The first kappa shape index (κ1) is 18.7. The molecular weight excluding hydrogens is 351 g/mol. The molecule has 0 fully saturated rings. The zero-order valence-electron chi connectivity index (χ0n) is 15.2. The number of aromatic nitrogens is 1. The van der Waals surface area contributed by atoms with E-state index in [-0.39, 0.29) is 24.1 Å². The molecule has 0 aliphatic rings. The van der Waals surface area contributed by atoms with Crippen molar-refractivity contribution < 1.29 is 18.3 Å². The molecule has 0 radical (unpaired) electrons. The van der Waals surface area contributed by atoms with Gasteiger partial charge in [-0.25, -0.2) is 9.18 Å². The Morgan fingerprint density at radius 3 is 2.81 bits per heavy atom. The van der Waals surface area contributed by atoms with Crippen molar-refractivity contribution in [3.05, 3.63) is 64.4 Å². The number of nitrogens with one attached hydrogen (secondary N) is 1. The van der Waals surface area contributed by atoms with Gasteiger partial charge < -0.3 is 14.5 Å². The molecule has 0 aliphatic carbocycles. The van der Waals surface area contributed by atoms with E-state index >= 15 is 0 Å². The lowest BCUT2D eigenvalue weighted by molar-refractivity contribution is -0.121. The van der Waals surface area contributed by atoms with E-state index in [4.69, 9.17) is 9.15 Å². The van der Waals surface area contributed by atoms with Crippen LogP contribution in [-0.2, 0) is 11.3 Å². The van der Waals surface area contributed by atoms with Crippen LogP contribution in [0.5, 0.6) is 5.75 Å². The number of hydrogen-bond acceptors (Lipinski definition) is 4. The smallest absolute Gasteiger partial charge is 0.419 e. The van der Waals surface area contributed by atoms with Gasteiger partial charge in [0.15, 0.2) is 17.1 Å². The number of benzene rings is 2. The Morgan fingerprint density at radius 1 is 1.30 bits per heavy atom. The van der Waals surface area contributed by atoms with Gasteiger partial charge in [-0.3, -0.25) is 9.36 Å². The maximum Gasteiger partial charge on any atom is 0.419 e. The fourth-order valence-corrected chi connectivity index (χ4v) is 2.97. The number of oxazole rings is 1. The summed E-state index contributed by atoms with van der Waals surface area (Å²) in [7, 11) is 1.40. The summed E-state index contributed by atoms with van der Waals surface area (Å²) in [6.45, 7) is 2.17. The van der Waals surface area contributed by atoms with Gasteiger partial charge in [0.2, 0.25) is 5.91 Å². The van der Waals surface area contributed by atoms with Crippen molar-refractivity contribution in [2.24, 2.45) is 0 Å². The van der Waals surface area contributed by atoms with Crippen LogP contribution in [0.25, 0.3) is 11.1 Å². The minimum atomic E-state index is -0.470. The van der Waals surface area contributed by atoms with Crippen LogP contribution in [0.1, 0.15) is 31.4 Å². The molecule has 3 rings (SSSR count). The Kier molecular flexibility index (Phi) is 5.59. The van der Waals surface area contributed by atoms with Gasteiger partial charge in [0.1, 0.15) is 0 Å². The number of fused-ring (bicyclic) bond motifs is 1. The molecule has 6 nitrogen and oxygen atoms in total. The van der Waals surface area contributed by atoms with Gasteiger partial charge in [0.05, 0.1) is 18.7 Å². The van der Waals surface area contributed by atoms with Gasteiger partial charge in [-0.2, -0.15) is 0 Å². The first-order valence-corrected chi connectivity index (χ1v) is 8.70. The molecule has 27 heavy (non-hydrogen) atoms. The largest absolute Gasteiger partial charge is 0.494 e. The van der Waals surface area contributed by atoms with Gasteiger partial charge in [-0.1, -0.05) is 18.2 Å². The van der Waals surface area contributed by atoms with Crippen molar-refractivity contribution >= 4 is 17.0 Å². The summed E-state index contributed by atoms with van der Waals surface area (Å²) in [6, 6.07) is 11.4. The highest BCUT2D eigenvalue weighted by atomic mass is 19.1. The van der Waals surface area contributed by atoms with E-state index in [1.165, 1.54) is 23.8 Å². The summed E-state index contributed by atoms with van der Waals surface area (Å²) < 4.78 is 25.4. The molecule has 0 aliphatic heterocycles. The number of para-hydroxylation sites is 2. The van der Waals surface area contributed by atoms with E-state index in [1.54, 1.807) is 31.2 Å². The first-order chi connectivity index (χ1) is 13.0. The zero-order chi connectivity index (χ0) is 19.4. The summed E-state index contributed by atoms with van der Waals surface area (Å²) >= 11 is 0. The van der Waals surface area contributed by atoms with E-state index in [0.29, 0.717) is 29.6 Å². The highest BCUT2D eigenvalue weighted by Gasteiger charge is 2.13. The predicted molar refractivity (Wildman–Crippen MR) is 99.2 cm³/mol. The van der Waals surface area contributed by atoms with Crippen LogP contribution in [0.2, 0.25) is 0 Å². The van der Waals surface area contributed by atoms with Crippen LogP contribution < -0.4 is 15.8 Å². The van der Waals surface area contributed by atoms with Crippen LogP contribution >= 0.6 is 0 Å². The molecule has 0 unspecified atom stereocenters. The number of aryl methyl sites for hydroxylation is 1. The Hall–Kier alpha value is -3.09. The lowest BCUT2D eigenvalue weighted by Crippen LogP contribution is -2.27. The Morgan fingerprint density at radius 2 is 2.07 bits per heavy atom. The monoisotopic (exact) mass is 372 g/mol. The van der Waals surface area contributed by atoms with Crippen molar-refractivity contribution in [1.29, 1.82) is 0 Å². The third kappa shape index (κ3) is 4.19. The van der Waals surface area contributed by atoms with Gasteiger partial charge in [0.25, 0.3) is 0 Å². The van der Waals surface area contributed by atoms with Crippen molar-refractivity contribution in [3.63, 3.8) is 0 Å². The maximum absolute atomic E-state index is 13.8. The summed E-state index contributed by atoms with van der Waals surface area (Å²) in [5, 5.41) is 2.84. The third-order valence-electron chi connectivity index (χ3n) is 4.41. The summed E-state index contributed by atoms with van der Waals surface area (Å²) in [6.07, 6.45) is 0.730. The second-order valence-electron chi connectivity index (χ2n) is 6.27. The Bertz CT molecular complexity index is 1010. The van der Waals surface area contributed by atoms with E-state index in [1.807, 2.05) is 6.07 Å². The Labute approximate surface area is 155 Å². The quantitative estimate of drug-likeness (QED) is 0.690. The van der Waals surface area contributed by atoms with Gasteiger partial charge in [-0.15, -0.1) is 0 Å². The average Bonchev–Trinajstić information content (AvgIpc) is 2.97. The average molecular weight is 372 g/mol. The molecule has 1 atom stereocenters. The lowest BCUT2D eigenvalue weighted by Gasteiger charge is -2.15. The SMILES string of the molecule is COc1ccc([C@H](C)NC(=O)CCCn2c(=O)oc3ccccc32)cc1F. The fourth-order valence-electron chi connectivity index (χ4n) is 2.97. The standard InChI is InChI=1S/C20H21FN2O4/c1-13(14-9-10-17(26-2)15(21)12-14)22-19(24)8-5-11-23-16-6-3-4-7-18(16)27-20(23)25/h3-4,6-7,9-10,12-13H,5,8,11H2,1-2H3,(H,22,24)/t13-/m0/s1. The number of amides is 1. The molecule has 0 saturated heterocycles. The van der Waals surface area contributed by atoms with E-state index in [2.05, 4.69) is 5.32 Å². The molecule has 0 bridgehead atoms. The molecule has 1 aromatic heterocycles. The van der Waals surface area contributed by atoms with Gasteiger partial charge in [-0.05, 0) is 43.2 Å². The molecule has 0 spiro atoms. The number of rotatable bonds is 7. The second-order valence-corrected chi connectivity index (χ2v) is 6.27. The normalized spacial score (nSPS) is 12.1. The van der Waals surface area contributed by atoms with E-state index in [0.717, 1.165) is 0 Å². The summed E-state index contributed by atoms with van der Waals surface area (Å²) in [5.74, 6) is -0.907. The number of halogens is 1. The highest BCUT2D eigenvalue weighted by molar-refractivity contribution is 5.76. The van der Waals surface area contributed by atoms with E-state index < -0.39 is 11.6 Å². The Balaban J connectivity index is 1.55. The number of methoxy groups -OCH3 is 1. The van der Waals surface area contributed by atoms with Crippen molar-refractivity contribution in [1.82, 2.24) is 9.88 Å². The first-order valence-electron chi connectivity index (χ1n) is 8.70. The lowest BCUT2D eigenvalue weighted by atomic mass is 10.1. The summed E-state index contributed by atoms with van der Waals surface area (Å²) in [5.41, 5.74) is 1.89. The van der Waals surface area contributed by atoms with Crippen LogP contribution in [0.4, 0.5) is 4.39 Å². The van der Waals surface area contributed by atoms with Crippen molar-refractivity contribution in [2.75, 3.05) is 7.11 Å². The number of hydrogen-bond donors (Lipinski definition) is 1. The topological polar surface area (TPSA) is 73.5 Å². The molecule has 3 aromatic rings. The van der Waals surface area contributed by atoms with Gasteiger partial charge >= 0.3 is 5.76 Å². The van der Waals surface area contributed by atoms with Crippen molar-refractivity contribution in [2.45, 2.75) is 32.4 Å². The molecule has 1 N–H and O–H groups in total. The van der Waals surface area contributed by atoms with E-state index in [9.17, 15) is 14.0 Å². The molecule has 0 saturated carbocycles. The minimum Gasteiger partial charge on any atom is -0.494 e. The highest BCUT2D eigenvalue weighted by Crippen LogP contribution is 2.21. The molecular formula is C20H21FN2O4. The number of nitrogens with zero attached hydrogens (tertiary/aromatic N) is 1. The minimum absolute atomic E-state index is 0.162. The van der Waals surface area contributed by atoms with Gasteiger partial charge in [0, 0.05) is 13.0 Å². The molecule has 142 valence electrons. The molecule has 2 aromatic carbocycles. The molecule has 1 heterocycles. The zero-order valence-corrected chi connectivity index (χ0v) is 15.2. The number of carbonyl (C=O) groups excluding carboxylic acids is 1. The second kappa shape index (κ2) is 8.07. The molecule has 7 heteroatoms. The number of ether oxygens (including phenoxy) is 1. The maximum atomic E-state index is 13.8. The summed E-state index contributed by atoms with van der Waals surface area (Å²) in [4.78, 5) is 24.1. The predicted octanol–water partition coefficient (Wildman–Crippen LogP) is 3.40. The fraction of sp³-hybridized carbons (Fsp3) is 0.300. The van der Waals surface area contributed by atoms with Crippen LogP contribution in [0.3, 0.4) is 0 Å². The number of carbonyl (C=O) groups is 1. The van der Waals surface area contributed by atoms with Crippen LogP contribution in [0, 0.1) is 5.82 Å². The molecule has 1 amide bonds.